The maximum Gasteiger partial charge on any atom is 0.427 e. The second kappa shape index (κ2) is 7.84. The average molecular weight is 448 g/mol. The highest BCUT2D eigenvalue weighted by Gasteiger charge is 2.34. The van der Waals surface area contributed by atoms with Gasteiger partial charge in [0, 0.05) is 0 Å². The first-order valence-corrected chi connectivity index (χ1v) is 8.96. The minimum atomic E-state index is -4.81. The highest BCUT2D eigenvalue weighted by atomic mass is 35.5. The van der Waals surface area contributed by atoms with E-state index in [1.54, 1.807) is 0 Å². The molecule has 0 radical (unpaired) electrons. The topological polar surface area (TPSA) is 68.0 Å². The van der Waals surface area contributed by atoms with Crippen molar-refractivity contribution < 1.29 is 35.1 Å². The van der Waals surface area contributed by atoms with E-state index in [4.69, 9.17) is 11.6 Å². The predicted molar refractivity (Wildman–Crippen MR) is 90.2 cm³/mol. The Morgan fingerprint density at radius 3 is 2.39 bits per heavy atom. The van der Waals surface area contributed by atoms with Crippen molar-refractivity contribution in [3.05, 3.63) is 45.7 Å². The second-order valence-corrected chi connectivity index (χ2v) is 7.32. The van der Waals surface area contributed by atoms with Gasteiger partial charge in [0.25, 0.3) is 0 Å². The first-order valence-electron chi connectivity index (χ1n) is 7.41. The molecule has 2 unspecified atom stereocenters. The van der Waals surface area contributed by atoms with Crippen molar-refractivity contribution in [3.8, 4) is 5.69 Å². The van der Waals surface area contributed by atoms with Crippen molar-refractivity contribution in [1.82, 2.24) is 15.0 Å². The van der Waals surface area contributed by atoms with Crippen molar-refractivity contribution in [2.75, 3.05) is 0 Å². The Hall–Kier alpha value is -1.92. The van der Waals surface area contributed by atoms with Crippen LogP contribution in [0.2, 0.25) is 0 Å². The Labute approximate surface area is 162 Å². The van der Waals surface area contributed by atoms with Crippen LogP contribution < -0.4 is 0 Å². The molecule has 2 rings (SSSR count). The number of hydrogen-bond acceptors (Lipinski definition) is 3. The summed E-state index contributed by atoms with van der Waals surface area (Å²) in [5, 5.41) is 4.51. The van der Waals surface area contributed by atoms with E-state index < -0.39 is 39.3 Å². The van der Waals surface area contributed by atoms with Gasteiger partial charge in [0.2, 0.25) is 0 Å². The van der Waals surface area contributed by atoms with E-state index in [0.717, 1.165) is 16.8 Å². The molecule has 0 saturated heterocycles. The molecular weight excluding hydrogens is 436 g/mol. The molecule has 2 aromatic rings. The molecule has 154 valence electrons. The summed E-state index contributed by atoms with van der Waals surface area (Å²) in [6.07, 6.45) is -8.98. The van der Waals surface area contributed by atoms with Crippen LogP contribution >= 0.6 is 11.6 Å². The van der Waals surface area contributed by atoms with E-state index in [9.17, 15) is 35.1 Å². The van der Waals surface area contributed by atoms with Gasteiger partial charge in [-0.15, -0.1) is 5.10 Å². The predicted octanol–water partition coefficient (Wildman–Crippen LogP) is 5.02. The smallest absolute Gasteiger partial charge is 0.306 e. The molecule has 0 amide bonds. The Balaban J connectivity index is 2.64. The van der Waals surface area contributed by atoms with Crippen LogP contribution in [0.1, 0.15) is 34.7 Å². The summed E-state index contributed by atoms with van der Waals surface area (Å²) in [7, 11) is 0. The molecule has 1 heterocycles. The Kier molecular flexibility index (Phi) is 6.26. The lowest BCUT2D eigenvalue weighted by molar-refractivity contribution is -0.137. The van der Waals surface area contributed by atoms with Gasteiger partial charge in [0.15, 0.2) is 11.1 Å². The zero-order valence-corrected chi connectivity index (χ0v) is 15.7. The standard InChI is InChI=1S/C15H12ClF6N3O2S/c1-7-11(6-13(16)15(20,21)22)23-24-25(7)12-4-3-9(14(17,18)19)5-10(12)8(2)28(26)27/h3-6,8H,1-2H3,(H,26,27)/b13-6-. The fourth-order valence-corrected chi connectivity index (χ4v) is 2.77. The Bertz CT molecular complexity index is 939. The van der Waals surface area contributed by atoms with E-state index >= 15 is 0 Å². The first kappa shape index (κ1) is 22.4. The number of rotatable bonds is 4. The van der Waals surface area contributed by atoms with Gasteiger partial charge >= 0.3 is 12.4 Å². The third-order valence-corrected chi connectivity index (χ3v) is 4.97. The summed E-state index contributed by atoms with van der Waals surface area (Å²) < 4.78 is 98.5. The number of benzene rings is 1. The summed E-state index contributed by atoms with van der Waals surface area (Å²) in [4.78, 5) is 0. The van der Waals surface area contributed by atoms with E-state index in [2.05, 4.69) is 10.3 Å². The van der Waals surface area contributed by atoms with Gasteiger partial charge in [-0.05, 0) is 43.7 Å². The van der Waals surface area contributed by atoms with Crippen molar-refractivity contribution in [3.63, 3.8) is 0 Å². The van der Waals surface area contributed by atoms with Crippen LogP contribution in [0.4, 0.5) is 26.3 Å². The molecule has 0 saturated carbocycles. The van der Waals surface area contributed by atoms with Crippen LogP contribution in [-0.2, 0) is 17.3 Å². The third-order valence-electron chi connectivity index (χ3n) is 3.79. The minimum absolute atomic E-state index is 0.0318. The van der Waals surface area contributed by atoms with Crippen LogP contribution in [0.15, 0.2) is 23.2 Å². The maximum absolute atomic E-state index is 13.0. The minimum Gasteiger partial charge on any atom is -0.306 e. The van der Waals surface area contributed by atoms with Crippen molar-refractivity contribution in [2.45, 2.75) is 31.5 Å². The molecular formula is C15H12ClF6N3O2S. The molecule has 0 spiro atoms. The molecule has 0 aliphatic rings. The van der Waals surface area contributed by atoms with Gasteiger partial charge in [-0.1, -0.05) is 16.8 Å². The summed E-state index contributed by atoms with van der Waals surface area (Å²) in [5.41, 5.74) is -1.48. The average Bonchev–Trinajstić information content (AvgIpc) is 2.92. The molecule has 0 fully saturated rings. The maximum atomic E-state index is 13.0. The number of nitrogens with zero attached hydrogens (tertiary/aromatic N) is 3. The normalized spacial score (nSPS) is 15.6. The molecule has 5 nitrogen and oxygen atoms in total. The Morgan fingerprint density at radius 2 is 1.89 bits per heavy atom. The number of hydrogen-bond donors (Lipinski definition) is 1. The summed E-state index contributed by atoms with van der Waals surface area (Å²) in [5.74, 6) is 0. The van der Waals surface area contributed by atoms with E-state index in [1.165, 1.54) is 13.8 Å². The summed E-state index contributed by atoms with van der Waals surface area (Å²) in [6, 6.07) is 2.42. The Morgan fingerprint density at radius 1 is 1.29 bits per heavy atom. The van der Waals surface area contributed by atoms with Crippen LogP contribution in [0, 0.1) is 6.92 Å². The zero-order valence-electron chi connectivity index (χ0n) is 14.1. The van der Waals surface area contributed by atoms with E-state index in [-0.39, 0.29) is 22.6 Å². The van der Waals surface area contributed by atoms with Crippen LogP contribution in [0.3, 0.4) is 0 Å². The van der Waals surface area contributed by atoms with Crippen molar-refractivity contribution in [2.24, 2.45) is 0 Å². The molecule has 28 heavy (non-hydrogen) atoms. The summed E-state index contributed by atoms with van der Waals surface area (Å²) in [6.45, 7) is 2.55. The number of allylic oxidation sites excluding steroid dienone is 1. The van der Waals surface area contributed by atoms with Gasteiger partial charge in [0.05, 0.1) is 22.2 Å². The molecule has 1 aromatic heterocycles. The number of halogens is 7. The lowest BCUT2D eigenvalue weighted by Crippen LogP contribution is -2.13. The first-order chi connectivity index (χ1) is 12.7. The van der Waals surface area contributed by atoms with Crippen LogP contribution in [0.5, 0.6) is 0 Å². The van der Waals surface area contributed by atoms with Crippen molar-refractivity contribution in [1.29, 1.82) is 0 Å². The largest absolute Gasteiger partial charge is 0.427 e. The third kappa shape index (κ3) is 4.73. The molecule has 0 aliphatic carbocycles. The SMILES string of the molecule is Cc1c(/C=C(\Cl)C(F)(F)F)nnn1-c1ccc(C(F)(F)F)cc1C(C)S(=O)O. The van der Waals surface area contributed by atoms with E-state index in [0.29, 0.717) is 12.1 Å². The van der Waals surface area contributed by atoms with E-state index in [1.807, 2.05) is 0 Å². The molecule has 0 bridgehead atoms. The van der Waals surface area contributed by atoms with Crippen molar-refractivity contribution >= 4 is 28.8 Å². The lowest BCUT2D eigenvalue weighted by atomic mass is 10.1. The molecule has 1 N–H and O–H groups in total. The van der Waals surface area contributed by atoms with Gasteiger partial charge in [-0.2, -0.15) is 26.3 Å². The van der Waals surface area contributed by atoms with Gasteiger partial charge < -0.3 is 4.55 Å². The molecule has 2 atom stereocenters. The molecule has 1 aromatic carbocycles. The highest BCUT2D eigenvalue weighted by molar-refractivity contribution is 7.79. The fraction of sp³-hybridized carbons (Fsp3) is 0.333. The van der Waals surface area contributed by atoms with Crippen LogP contribution in [-0.4, -0.2) is 29.9 Å². The monoisotopic (exact) mass is 447 g/mol. The van der Waals surface area contributed by atoms with Gasteiger partial charge in [-0.3, -0.25) is 0 Å². The summed E-state index contributed by atoms with van der Waals surface area (Å²) >= 11 is 2.66. The second-order valence-electron chi connectivity index (χ2n) is 5.65. The zero-order chi connectivity index (χ0) is 21.4. The van der Waals surface area contributed by atoms with Gasteiger partial charge in [0.1, 0.15) is 10.7 Å². The van der Waals surface area contributed by atoms with Crippen LogP contribution in [0.25, 0.3) is 11.8 Å². The quantitative estimate of drug-likeness (QED) is 0.528. The highest BCUT2D eigenvalue weighted by Crippen LogP contribution is 2.35. The number of aromatic nitrogens is 3. The molecule has 13 heteroatoms. The number of alkyl halides is 6. The van der Waals surface area contributed by atoms with Gasteiger partial charge in [-0.25, -0.2) is 8.89 Å². The molecule has 0 aliphatic heterocycles. The fourth-order valence-electron chi connectivity index (χ4n) is 2.26. The lowest BCUT2D eigenvalue weighted by Gasteiger charge is -2.17.